The van der Waals surface area contributed by atoms with Crippen LogP contribution in [0, 0.1) is 0 Å². The minimum Gasteiger partial charge on any atom is -0.319 e. The molecule has 0 saturated carbocycles. The van der Waals surface area contributed by atoms with E-state index < -0.39 is 5.54 Å². The summed E-state index contributed by atoms with van der Waals surface area (Å²) in [5, 5.41) is 4.62. The van der Waals surface area contributed by atoms with Crippen LogP contribution in [0.1, 0.15) is 5.56 Å². The van der Waals surface area contributed by atoms with Gasteiger partial charge in [0, 0.05) is 18.1 Å². The van der Waals surface area contributed by atoms with Crippen LogP contribution in [-0.2, 0) is 5.54 Å². The lowest BCUT2D eigenvalue weighted by molar-refractivity contribution is 0.287. The molecule has 0 aromatic heterocycles. The summed E-state index contributed by atoms with van der Waals surface area (Å²) >= 11 is 17.8. The molecule has 1 saturated heterocycles. The van der Waals surface area contributed by atoms with Crippen molar-refractivity contribution in [3.8, 4) is 0 Å². The van der Waals surface area contributed by atoms with E-state index in [-0.39, 0.29) is 12.4 Å². The third-order valence-electron chi connectivity index (χ3n) is 2.43. The van der Waals surface area contributed by atoms with E-state index in [0.29, 0.717) is 28.2 Å². The molecule has 3 N–H and O–H groups in total. The second-order valence-electron chi connectivity index (χ2n) is 3.51. The second-order valence-corrected chi connectivity index (χ2v) is 4.73. The Balaban J connectivity index is 0.00000112. The molecule has 0 bridgehead atoms. The van der Waals surface area contributed by atoms with Crippen LogP contribution in [0.5, 0.6) is 0 Å². The normalized spacial score (nSPS) is 17.9. The highest BCUT2D eigenvalue weighted by atomic mass is 35.5. The van der Waals surface area contributed by atoms with Crippen molar-refractivity contribution >= 4 is 47.2 Å². The van der Waals surface area contributed by atoms with Crippen LogP contribution < -0.4 is 11.1 Å². The lowest BCUT2D eigenvalue weighted by Crippen LogP contribution is -2.62. The highest BCUT2D eigenvalue weighted by molar-refractivity contribution is 6.43. The summed E-state index contributed by atoms with van der Waals surface area (Å²) in [4.78, 5) is 0. The first-order chi connectivity index (χ1) is 6.53. The van der Waals surface area contributed by atoms with Crippen LogP contribution in [0.3, 0.4) is 0 Å². The number of nitrogens with two attached hydrogens (primary N) is 1. The molecule has 0 spiro atoms. The third kappa shape index (κ3) is 2.36. The SMILES string of the molecule is Cl.NC1(c2cc(Cl)c(Cl)cc2Cl)CNC1. The van der Waals surface area contributed by atoms with Gasteiger partial charge in [-0.1, -0.05) is 34.8 Å². The molecular weight excluding hydrogens is 278 g/mol. The lowest BCUT2D eigenvalue weighted by Gasteiger charge is -2.40. The number of rotatable bonds is 1. The van der Waals surface area contributed by atoms with Gasteiger partial charge in [-0.05, 0) is 17.7 Å². The smallest absolute Gasteiger partial charge is 0.0677 e. The average molecular weight is 288 g/mol. The lowest BCUT2D eigenvalue weighted by atomic mass is 9.85. The first kappa shape index (κ1) is 13.4. The average Bonchev–Trinajstić information content (AvgIpc) is 2.07. The molecule has 0 radical (unpaired) electrons. The Hall–Kier alpha value is 0.300. The van der Waals surface area contributed by atoms with Gasteiger partial charge in [0.15, 0.2) is 0 Å². The van der Waals surface area contributed by atoms with Gasteiger partial charge in [-0.3, -0.25) is 0 Å². The van der Waals surface area contributed by atoms with Gasteiger partial charge in [-0.15, -0.1) is 12.4 Å². The number of halogens is 4. The second kappa shape index (κ2) is 4.66. The largest absolute Gasteiger partial charge is 0.319 e. The maximum atomic E-state index is 6.10. The molecule has 0 amide bonds. The highest BCUT2D eigenvalue weighted by Gasteiger charge is 2.36. The fourth-order valence-electron chi connectivity index (χ4n) is 1.49. The molecule has 1 aromatic rings. The minimum absolute atomic E-state index is 0. The fraction of sp³-hybridized carbons (Fsp3) is 0.333. The first-order valence-electron chi connectivity index (χ1n) is 4.17. The summed E-state index contributed by atoms with van der Waals surface area (Å²) in [7, 11) is 0. The van der Waals surface area contributed by atoms with Gasteiger partial charge in [0.1, 0.15) is 0 Å². The van der Waals surface area contributed by atoms with Crippen molar-refractivity contribution in [1.82, 2.24) is 5.32 Å². The zero-order chi connectivity index (χ0) is 10.3. The maximum absolute atomic E-state index is 6.10. The van der Waals surface area contributed by atoms with E-state index in [1.807, 2.05) is 0 Å². The Morgan fingerprint density at radius 3 is 2.07 bits per heavy atom. The van der Waals surface area contributed by atoms with Crippen molar-refractivity contribution in [3.05, 3.63) is 32.8 Å². The van der Waals surface area contributed by atoms with Gasteiger partial charge in [0.05, 0.1) is 15.6 Å². The Bertz CT molecular complexity index is 377. The van der Waals surface area contributed by atoms with Gasteiger partial charge < -0.3 is 11.1 Å². The molecule has 84 valence electrons. The standard InChI is InChI=1S/C9H9Cl3N2.ClH/c10-6-2-8(12)7(11)1-5(6)9(13)3-14-4-9;/h1-2,14H,3-4,13H2;1H. The molecular formula is C9H10Cl4N2. The van der Waals surface area contributed by atoms with E-state index >= 15 is 0 Å². The van der Waals surface area contributed by atoms with Crippen molar-refractivity contribution in [1.29, 1.82) is 0 Å². The molecule has 1 aliphatic heterocycles. The third-order valence-corrected chi connectivity index (χ3v) is 3.46. The topological polar surface area (TPSA) is 38.0 Å². The quantitative estimate of drug-likeness (QED) is 0.780. The van der Waals surface area contributed by atoms with Crippen molar-refractivity contribution in [2.24, 2.45) is 5.73 Å². The molecule has 15 heavy (non-hydrogen) atoms. The molecule has 6 heteroatoms. The van der Waals surface area contributed by atoms with E-state index in [4.69, 9.17) is 40.5 Å². The van der Waals surface area contributed by atoms with E-state index in [1.165, 1.54) is 0 Å². The molecule has 1 fully saturated rings. The van der Waals surface area contributed by atoms with Crippen LogP contribution in [0.25, 0.3) is 0 Å². The summed E-state index contributed by atoms with van der Waals surface area (Å²) in [6, 6.07) is 3.38. The summed E-state index contributed by atoms with van der Waals surface area (Å²) < 4.78 is 0. The monoisotopic (exact) mass is 286 g/mol. The predicted octanol–water partition coefficient (Wildman–Crippen LogP) is 2.83. The molecule has 0 atom stereocenters. The van der Waals surface area contributed by atoms with Crippen LogP contribution in [0.15, 0.2) is 12.1 Å². The van der Waals surface area contributed by atoms with Gasteiger partial charge in [-0.2, -0.15) is 0 Å². The summed E-state index contributed by atoms with van der Waals surface area (Å²) in [6.07, 6.45) is 0. The first-order valence-corrected chi connectivity index (χ1v) is 5.31. The molecule has 1 aromatic carbocycles. The van der Waals surface area contributed by atoms with Crippen molar-refractivity contribution < 1.29 is 0 Å². The Morgan fingerprint density at radius 2 is 1.60 bits per heavy atom. The van der Waals surface area contributed by atoms with Crippen LogP contribution >= 0.6 is 47.2 Å². The van der Waals surface area contributed by atoms with E-state index in [2.05, 4.69) is 5.32 Å². The minimum atomic E-state index is -0.398. The summed E-state index contributed by atoms with van der Waals surface area (Å²) in [5.41, 5.74) is 6.55. The molecule has 2 rings (SSSR count). The Kier molecular flexibility index (Phi) is 4.15. The predicted molar refractivity (Wildman–Crippen MR) is 67.5 cm³/mol. The molecule has 2 nitrogen and oxygen atoms in total. The molecule has 1 heterocycles. The van der Waals surface area contributed by atoms with Crippen molar-refractivity contribution in [2.45, 2.75) is 5.54 Å². The zero-order valence-corrected chi connectivity index (χ0v) is 10.8. The molecule has 1 aliphatic rings. The maximum Gasteiger partial charge on any atom is 0.0677 e. The van der Waals surface area contributed by atoms with Crippen molar-refractivity contribution in [2.75, 3.05) is 13.1 Å². The number of benzene rings is 1. The van der Waals surface area contributed by atoms with Crippen molar-refractivity contribution in [3.63, 3.8) is 0 Å². The summed E-state index contributed by atoms with van der Waals surface area (Å²) in [5.74, 6) is 0. The zero-order valence-electron chi connectivity index (χ0n) is 7.69. The molecule has 0 aliphatic carbocycles. The summed E-state index contributed by atoms with van der Waals surface area (Å²) in [6.45, 7) is 1.43. The van der Waals surface area contributed by atoms with E-state index in [9.17, 15) is 0 Å². The highest BCUT2D eigenvalue weighted by Crippen LogP contribution is 2.35. The van der Waals surface area contributed by atoms with Crippen LogP contribution in [0.4, 0.5) is 0 Å². The van der Waals surface area contributed by atoms with Gasteiger partial charge in [0.25, 0.3) is 0 Å². The molecule has 0 unspecified atom stereocenters. The fourth-order valence-corrected chi connectivity index (χ4v) is 2.22. The Morgan fingerprint density at radius 1 is 1.07 bits per heavy atom. The number of nitrogens with one attached hydrogen (secondary N) is 1. The number of hydrogen-bond acceptors (Lipinski definition) is 2. The van der Waals surface area contributed by atoms with Gasteiger partial charge >= 0.3 is 0 Å². The van der Waals surface area contributed by atoms with Crippen LogP contribution in [0.2, 0.25) is 15.1 Å². The van der Waals surface area contributed by atoms with E-state index in [0.717, 1.165) is 5.56 Å². The number of hydrogen-bond donors (Lipinski definition) is 2. The van der Waals surface area contributed by atoms with Crippen LogP contribution in [-0.4, -0.2) is 13.1 Å². The van der Waals surface area contributed by atoms with Gasteiger partial charge in [0.2, 0.25) is 0 Å². The van der Waals surface area contributed by atoms with Gasteiger partial charge in [-0.25, -0.2) is 0 Å². The Labute approximate surface area is 109 Å². The van der Waals surface area contributed by atoms with E-state index in [1.54, 1.807) is 12.1 Å².